The maximum atomic E-state index is 12.2. The quantitative estimate of drug-likeness (QED) is 0.729. The van der Waals surface area contributed by atoms with Crippen molar-refractivity contribution in [2.75, 3.05) is 18.9 Å². The Bertz CT molecular complexity index is 1080. The Labute approximate surface area is 156 Å². The van der Waals surface area contributed by atoms with Crippen molar-refractivity contribution in [2.45, 2.75) is 19.9 Å². The van der Waals surface area contributed by atoms with Gasteiger partial charge in [0.2, 0.25) is 0 Å². The summed E-state index contributed by atoms with van der Waals surface area (Å²) >= 11 is 0. The number of anilines is 1. The molecule has 7 heteroatoms. The Kier molecular flexibility index (Phi) is 4.16. The van der Waals surface area contributed by atoms with E-state index in [2.05, 4.69) is 16.0 Å². The van der Waals surface area contributed by atoms with Crippen LogP contribution in [0.15, 0.2) is 30.5 Å². The van der Waals surface area contributed by atoms with E-state index >= 15 is 0 Å². The molecular formula is C20H19N5O2. The first-order valence-electron chi connectivity index (χ1n) is 8.83. The third-order valence-corrected chi connectivity index (χ3v) is 4.86. The Morgan fingerprint density at radius 2 is 2.30 bits per heavy atom. The molecule has 3 aromatic rings. The highest BCUT2D eigenvalue weighted by Crippen LogP contribution is 2.36. The molecule has 1 aliphatic heterocycles. The standard InChI is InChI=1S/C20H19N5O2/c1-2-27-20(26)25-8-6-17-15(11-25)18(14(10-21)19(22)24-17)13-3-4-16-12(9-13)5-7-23-16/h3-5,7,9,23H,2,6,8,11H2,1H3,(H2,22,24). The van der Waals surface area contributed by atoms with Gasteiger partial charge in [-0.3, -0.25) is 0 Å². The van der Waals surface area contributed by atoms with Crippen molar-refractivity contribution in [2.24, 2.45) is 0 Å². The van der Waals surface area contributed by atoms with E-state index in [1.807, 2.05) is 30.5 Å². The lowest BCUT2D eigenvalue weighted by Gasteiger charge is -2.29. The number of pyridine rings is 1. The molecule has 4 rings (SSSR count). The number of nitrogen functional groups attached to an aromatic ring is 1. The van der Waals surface area contributed by atoms with Gasteiger partial charge < -0.3 is 20.4 Å². The van der Waals surface area contributed by atoms with E-state index in [0.29, 0.717) is 31.7 Å². The zero-order chi connectivity index (χ0) is 19.0. The molecule has 0 saturated heterocycles. The molecule has 2 aromatic heterocycles. The zero-order valence-electron chi connectivity index (χ0n) is 15.0. The number of nitrogens with one attached hydrogen (secondary N) is 1. The summed E-state index contributed by atoms with van der Waals surface area (Å²) in [5.74, 6) is 0.227. The van der Waals surface area contributed by atoms with Crippen molar-refractivity contribution in [1.82, 2.24) is 14.9 Å². The van der Waals surface area contributed by atoms with Crippen LogP contribution in [0.3, 0.4) is 0 Å². The predicted octanol–water partition coefficient (Wildman–Crippen LogP) is 3.20. The Morgan fingerprint density at radius 1 is 1.44 bits per heavy atom. The number of hydrogen-bond acceptors (Lipinski definition) is 5. The Hall–Kier alpha value is -3.53. The minimum Gasteiger partial charge on any atom is -0.450 e. The van der Waals surface area contributed by atoms with Crippen LogP contribution in [0.1, 0.15) is 23.7 Å². The number of ether oxygens (including phenoxy) is 1. The van der Waals surface area contributed by atoms with Gasteiger partial charge >= 0.3 is 6.09 Å². The summed E-state index contributed by atoms with van der Waals surface area (Å²) in [6.45, 7) is 2.96. The second-order valence-electron chi connectivity index (χ2n) is 6.43. The van der Waals surface area contributed by atoms with Crippen LogP contribution in [0.25, 0.3) is 22.0 Å². The second-order valence-corrected chi connectivity index (χ2v) is 6.43. The topological polar surface area (TPSA) is 108 Å². The summed E-state index contributed by atoms with van der Waals surface area (Å²) in [7, 11) is 0. The van der Waals surface area contributed by atoms with E-state index in [0.717, 1.165) is 33.3 Å². The second kappa shape index (κ2) is 6.65. The minimum atomic E-state index is -0.356. The van der Waals surface area contributed by atoms with Crippen LogP contribution in [0.2, 0.25) is 0 Å². The van der Waals surface area contributed by atoms with E-state index in [-0.39, 0.29) is 11.9 Å². The molecule has 27 heavy (non-hydrogen) atoms. The van der Waals surface area contributed by atoms with Crippen molar-refractivity contribution in [3.05, 3.63) is 47.3 Å². The molecule has 0 spiro atoms. The van der Waals surface area contributed by atoms with Gasteiger partial charge in [0.1, 0.15) is 17.5 Å². The fourth-order valence-electron chi connectivity index (χ4n) is 3.59. The summed E-state index contributed by atoms with van der Waals surface area (Å²) in [5, 5.41) is 10.8. The van der Waals surface area contributed by atoms with Crippen LogP contribution in [0.4, 0.5) is 10.6 Å². The third kappa shape index (κ3) is 2.85. The highest BCUT2D eigenvalue weighted by molar-refractivity contribution is 5.88. The van der Waals surface area contributed by atoms with Gasteiger partial charge in [0, 0.05) is 35.8 Å². The molecule has 3 N–H and O–H groups in total. The maximum Gasteiger partial charge on any atom is 0.410 e. The lowest BCUT2D eigenvalue weighted by Crippen LogP contribution is -2.37. The molecular weight excluding hydrogens is 342 g/mol. The summed E-state index contributed by atoms with van der Waals surface area (Å²) in [6, 6.07) is 10.1. The fraction of sp³-hybridized carbons (Fsp3) is 0.250. The third-order valence-electron chi connectivity index (χ3n) is 4.86. The normalized spacial score (nSPS) is 13.3. The molecule has 1 amide bonds. The van der Waals surface area contributed by atoms with E-state index < -0.39 is 0 Å². The average molecular weight is 361 g/mol. The van der Waals surface area contributed by atoms with E-state index in [1.165, 1.54) is 0 Å². The highest BCUT2D eigenvalue weighted by atomic mass is 16.6. The molecule has 1 aromatic carbocycles. The van der Waals surface area contributed by atoms with E-state index in [1.54, 1.807) is 11.8 Å². The number of nitrogens with zero attached hydrogens (tertiary/aromatic N) is 3. The lowest BCUT2D eigenvalue weighted by molar-refractivity contribution is 0.102. The van der Waals surface area contributed by atoms with Gasteiger partial charge in [0.15, 0.2) is 0 Å². The van der Waals surface area contributed by atoms with Crippen molar-refractivity contribution in [3.8, 4) is 17.2 Å². The fourth-order valence-corrected chi connectivity index (χ4v) is 3.59. The molecule has 0 radical (unpaired) electrons. The minimum absolute atomic E-state index is 0.227. The summed E-state index contributed by atoms with van der Waals surface area (Å²) in [6.07, 6.45) is 2.09. The molecule has 7 nitrogen and oxygen atoms in total. The van der Waals surface area contributed by atoms with Crippen LogP contribution < -0.4 is 5.73 Å². The number of rotatable bonds is 2. The summed E-state index contributed by atoms with van der Waals surface area (Å²) in [5.41, 5.74) is 10.8. The van der Waals surface area contributed by atoms with Crippen molar-refractivity contribution >= 4 is 22.8 Å². The number of aromatic amines is 1. The first kappa shape index (κ1) is 16.9. The molecule has 3 heterocycles. The smallest absolute Gasteiger partial charge is 0.410 e. The number of H-pyrrole nitrogens is 1. The van der Waals surface area contributed by atoms with Crippen LogP contribution in [0.5, 0.6) is 0 Å². The number of aromatic nitrogens is 2. The number of hydrogen-bond donors (Lipinski definition) is 2. The molecule has 0 atom stereocenters. The zero-order valence-corrected chi connectivity index (χ0v) is 15.0. The highest BCUT2D eigenvalue weighted by Gasteiger charge is 2.28. The van der Waals surface area contributed by atoms with Gasteiger partial charge in [-0.1, -0.05) is 6.07 Å². The van der Waals surface area contributed by atoms with E-state index in [9.17, 15) is 10.1 Å². The van der Waals surface area contributed by atoms with E-state index in [4.69, 9.17) is 10.5 Å². The van der Waals surface area contributed by atoms with Crippen LogP contribution >= 0.6 is 0 Å². The van der Waals surface area contributed by atoms with Gasteiger partial charge in [-0.05, 0) is 36.1 Å². The number of nitriles is 1. The Morgan fingerprint density at radius 3 is 3.07 bits per heavy atom. The first-order valence-corrected chi connectivity index (χ1v) is 8.83. The lowest BCUT2D eigenvalue weighted by atomic mass is 9.90. The number of amides is 1. The molecule has 0 unspecified atom stereocenters. The van der Waals surface area contributed by atoms with Crippen LogP contribution in [-0.4, -0.2) is 34.1 Å². The monoisotopic (exact) mass is 361 g/mol. The SMILES string of the molecule is CCOC(=O)N1CCc2nc(N)c(C#N)c(-c3ccc4[nH]ccc4c3)c2C1. The van der Waals surface area contributed by atoms with Gasteiger partial charge in [-0.2, -0.15) is 5.26 Å². The molecule has 0 aliphatic carbocycles. The van der Waals surface area contributed by atoms with Gasteiger partial charge in [-0.25, -0.2) is 9.78 Å². The van der Waals surface area contributed by atoms with Crippen molar-refractivity contribution in [1.29, 1.82) is 5.26 Å². The maximum absolute atomic E-state index is 12.2. The summed E-state index contributed by atoms with van der Waals surface area (Å²) in [4.78, 5) is 21.4. The van der Waals surface area contributed by atoms with Gasteiger partial charge in [0.05, 0.1) is 18.8 Å². The molecule has 136 valence electrons. The number of carbonyl (C=O) groups excluding carboxylic acids is 1. The Balaban J connectivity index is 1.88. The number of carbonyl (C=O) groups is 1. The van der Waals surface area contributed by atoms with Crippen molar-refractivity contribution < 1.29 is 9.53 Å². The number of fused-ring (bicyclic) bond motifs is 2. The predicted molar refractivity (Wildman–Crippen MR) is 102 cm³/mol. The molecule has 1 aliphatic rings. The van der Waals surface area contributed by atoms with Gasteiger partial charge in [0.25, 0.3) is 0 Å². The first-order chi connectivity index (χ1) is 13.1. The molecule has 0 saturated carbocycles. The largest absolute Gasteiger partial charge is 0.450 e. The number of benzene rings is 1. The average Bonchev–Trinajstić information content (AvgIpc) is 3.14. The van der Waals surface area contributed by atoms with Gasteiger partial charge in [-0.15, -0.1) is 0 Å². The van der Waals surface area contributed by atoms with Crippen molar-refractivity contribution in [3.63, 3.8) is 0 Å². The van der Waals surface area contributed by atoms with Crippen LogP contribution in [-0.2, 0) is 17.7 Å². The molecule has 0 bridgehead atoms. The van der Waals surface area contributed by atoms with Crippen LogP contribution in [0, 0.1) is 11.3 Å². The summed E-state index contributed by atoms with van der Waals surface area (Å²) < 4.78 is 5.14. The molecule has 0 fully saturated rings. The number of nitrogens with two attached hydrogens (primary N) is 1.